The fourth-order valence-electron chi connectivity index (χ4n) is 1.52. The molecule has 4 heteroatoms. The topological polar surface area (TPSA) is 50.4 Å². The van der Waals surface area contributed by atoms with Gasteiger partial charge in [0.15, 0.2) is 0 Å². The third kappa shape index (κ3) is 2.34. The molecule has 2 N–H and O–H groups in total. The first-order chi connectivity index (χ1) is 7.79. The van der Waals surface area contributed by atoms with Crippen molar-refractivity contribution in [3.8, 4) is 5.75 Å². The molecule has 0 fully saturated rings. The summed E-state index contributed by atoms with van der Waals surface area (Å²) in [7, 11) is 0. The molecular formula is C12H14N2O2. The number of ether oxygens (including phenoxy) is 1. The standard InChI is InChI=1S/C12H14N2O2/c1-2-16-10-5-3-9(4-6-10)11-7-8-12(15)14-13-11/h3-7,13H,2,8H2,1H3,(H,14,15). The summed E-state index contributed by atoms with van der Waals surface area (Å²) >= 11 is 0. The number of hydrogen-bond acceptors (Lipinski definition) is 3. The number of hydrogen-bond donors (Lipinski definition) is 2. The Morgan fingerprint density at radius 3 is 2.56 bits per heavy atom. The highest BCUT2D eigenvalue weighted by Crippen LogP contribution is 2.18. The van der Waals surface area contributed by atoms with Gasteiger partial charge >= 0.3 is 0 Å². The van der Waals surface area contributed by atoms with Gasteiger partial charge in [-0.15, -0.1) is 0 Å². The molecule has 1 aliphatic heterocycles. The summed E-state index contributed by atoms with van der Waals surface area (Å²) in [5, 5.41) is 0. The number of benzene rings is 1. The number of hydrazine groups is 1. The van der Waals surface area contributed by atoms with E-state index in [0.717, 1.165) is 17.0 Å². The molecule has 2 rings (SSSR count). The maximum Gasteiger partial charge on any atom is 0.242 e. The summed E-state index contributed by atoms with van der Waals surface area (Å²) in [5.41, 5.74) is 7.39. The van der Waals surface area contributed by atoms with Gasteiger partial charge in [-0.2, -0.15) is 0 Å². The zero-order valence-corrected chi connectivity index (χ0v) is 9.12. The van der Waals surface area contributed by atoms with Gasteiger partial charge in [-0.1, -0.05) is 0 Å². The molecule has 0 aliphatic carbocycles. The van der Waals surface area contributed by atoms with E-state index in [1.165, 1.54) is 0 Å². The Morgan fingerprint density at radius 1 is 1.25 bits per heavy atom. The molecule has 1 aromatic carbocycles. The van der Waals surface area contributed by atoms with Crippen LogP contribution >= 0.6 is 0 Å². The molecule has 0 unspecified atom stereocenters. The third-order valence-corrected chi connectivity index (χ3v) is 2.30. The van der Waals surface area contributed by atoms with E-state index >= 15 is 0 Å². The molecule has 84 valence electrons. The Kier molecular flexibility index (Phi) is 3.10. The molecule has 0 saturated heterocycles. The highest BCUT2D eigenvalue weighted by molar-refractivity contribution is 5.83. The minimum absolute atomic E-state index is 0.0188. The van der Waals surface area contributed by atoms with Crippen molar-refractivity contribution in [3.05, 3.63) is 35.9 Å². The monoisotopic (exact) mass is 218 g/mol. The van der Waals surface area contributed by atoms with E-state index in [2.05, 4.69) is 10.9 Å². The van der Waals surface area contributed by atoms with Crippen LogP contribution in [0.2, 0.25) is 0 Å². The molecule has 0 radical (unpaired) electrons. The summed E-state index contributed by atoms with van der Waals surface area (Å²) in [4.78, 5) is 10.9. The second-order valence-electron chi connectivity index (χ2n) is 3.45. The molecule has 1 aromatic rings. The Hall–Kier alpha value is -1.97. The maximum absolute atomic E-state index is 10.9. The normalized spacial score (nSPS) is 14.8. The van der Waals surface area contributed by atoms with Crippen LogP contribution in [0.15, 0.2) is 30.3 Å². The SMILES string of the molecule is CCOc1ccc(C2=CCC(=O)NN2)cc1. The Balaban J connectivity index is 2.12. The first-order valence-corrected chi connectivity index (χ1v) is 5.28. The van der Waals surface area contributed by atoms with Crippen molar-refractivity contribution >= 4 is 11.6 Å². The van der Waals surface area contributed by atoms with E-state index in [9.17, 15) is 4.79 Å². The van der Waals surface area contributed by atoms with Crippen molar-refractivity contribution in [2.75, 3.05) is 6.61 Å². The predicted octanol–water partition coefficient (Wildman–Crippen LogP) is 1.45. The number of carbonyl (C=O) groups is 1. The molecule has 1 aliphatic rings. The zero-order chi connectivity index (χ0) is 11.4. The van der Waals surface area contributed by atoms with E-state index in [1.54, 1.807) is 0 Å². The number of nitrogens with one attached hydrogen (secondary N) is 2. The zero-order valence-electron chi connectivity index (χ0n) is 9.12. The molecule has 0 bridgehead atoms. The maximum atomic E-state index is 10.9. The van der Waals surface area contributed by atoms with Crippen LogP contribution in [0.25, 0.3) is 5.70 Å². The Morgan fingerprint density at radius 2 is 2.00 bits per heavy atom. The van der Waals surface area contributed by atoms with Crippen molar-refractivity contribution < 1.29 is 9.53 Å². The molecule has 16 heavy (non-hydrogen) atoms. The smallest absolute Gasteiger partial charge is 0.242 e. The van der Waals surface area contributed by atoms with Gasteiger partial charge in [-0.05, 0) is 42.8 Å². The minimum Gasteiger partial charge on any atom is -0.494 e. The van der Waals surface area contributed by atoms with Crippen LogP contribution in [0.3, 0.4) is 0 Å². The van der Waals surface area contributed by atoms with Gasteiger partial charge in [0, 0.05) is 6.42 Å². The third-order valence-electron chi connectivity index (χ3n) is 2.30. The molecule has 0 aromatic heterocycles. The Labute approximate surface area is 94.3 Å². The van der Waals surface area contributed by atoms with Crippen molar-refractivity contribution in [1.82, 2.24) is 10.9 Å². The van der Waals surface area contributed by atoms with E-state index in [4.69, 9.17) is 4.74 Å². The van der Waals surface area contributed by atoms with Gasteiger partial charge in [0.05, 0.1) is 12.3 Å². The van der Waals surface area contributed by atoms with Crippen LogP contribution in [0.1, 0.15) is 18.9 Å². The fraction of sp³-hybridized carbons (Fsp3) is 0.250. The first kappa shape index (κ1) is 10.5. The molecule has 0 spiro atoms. The van der Waals surface area contributed by atoms with Crippen molar-refractivity contribution in [2.45, 2.75) is 13.3 Å². The second-order valence-corrected chi connectivity index (χ2v) is 3.45. The quantitative estimate of drug-likeness (QED) is 0.807. The van der Waals surface area contributed by atoms with Gasteiger partial charge in [0.2, 0.25) is 5.91 Å². The average Bonchev–Trinajstić information content (AvgIpc) is 2.32. The lowest BCUT2D eigenvalue weighted by molar-refractivity contribution is -0.121. The van der Waals surface area contributed by atoms with E-state index in [0.29, 0.717) is 13.0 Å². The molecular weight excluding hydrogens is 204 g/mol. The lowest BCUT2D eigenvalue weighted by Crippen LogP contribution is -2.38. The van der Waals surface area contributed by atoms with Crippen LogP contribution < -0.4 is 15.6 Å². The minimum atomic E-state index is -0.0188. The Bertz CT molecular complexity index is 410. The van der Waals surface area contributed by atoms with Crippen LogP contribution in [-0.4, -0.2) is 12.5 Å². The second kappa shape index (κ2) is 4.70. The van der Waals surface area contributed by atoms with Crippen LogP contribution in [-0.2, 0) is 4.79 Å². The molecule has 0 atom stereocenters. The summed E-state index contributed by atoms with van der Waals surface area (Å²) in [6, 6.07) is 7.75. The lowest BCUT2D eigenvalue weighted by atomic mass is 10.1. The van der Waals surface area contributed by atoms with Crippen LogP contribution in [0.4, 0.5) is 0 Å². The molecule has 1 amide bonds. The number of amides is 1. The van der Waals surface area contributed by atoms with Gasteiger partial charge in [0.1, 0.15) is 5.75 Å². The van der Waals surface area contributed by atoms with Gasteiger partial charge in [-0.25, -0.2) is 0 Å². The molecule has 4 nitrogen and oxygen atoms in total. The summed E-state index contributed by atoms with van der Waals surface area (Å²) in [6.45, 7) is 2.62. The molecule has 1 heterocycles. The highest BCUT2D eigenvalue weighted by Gasteiger charge is 2.09. The van der Waals surface area contributed by atoms with E-state index < -0.39 is 0 Å². The number of rotatable bonds is 3. The van der Waals surface area contributed by atoms with E-state index in [1.807, 2.05) is 37.3 Å². The van der Waals surface area contributed by atoms with Gasteiger partial charge < -0.3 is 4.74 Å². The molecule has 0 saturated carbocycles. The lowest BCUT2D eigenvalue weighted by Gasteiger charge is -2.16. The first-order valence-electron chi connectivity index (χ1n) is 5.28. The summed E-state index contributed by atoms with van der Waals surface area (Å²) in [6.07, 6.45) is 2.28. The van der Waals surface area contributed by atoms with Crippen molar-refractivity contribution in [2.24, 2.45) is 0 Å². The summed E-state index contributed by atoms with van der Waals surface area (Å²) < 4.78 is 5.36. The van der Waals surface area contributed by atoms with Crippen LogP contribution in [0, 0.1) is 0 Å². The summed E-state index contributed by atoms with van der Waals surface area (Å²) in [5.74, 6) is 0.835. The average molecular weight is 218 g/mol. The van der Waals surface area contributed by atoms with Crippen molar-refractivity contribution in [3.63, 3.8) is 0 Å². The fourth-order valence-corrected chi connectivity index (χ4v) is 1.52. The van der Waals surface area contributed by atoms with Gasteiger partial charge in [-0.3, -0.25) is 15.6 Å². The largest absolute Gasteiger partial charge is 0.494 e. The van der Waals surface area contributed by atoms with Crippen molar-refractivity contribution in [1.29, 1.82) is 0 Å². The van der Waals surface area contributed by atoms with E-state index in [-0.39, 0.29) is 5.91 Å². The van der Waals surface area contributed by atoms with Gasteiger partial charge in [0.25, 0.3) is 0 Å². The predicted molar refractivity (Wildman–Crippen MR) is 61.5 cm³/mol. The van der Waals surface area contributed by atoms with Crippen LogP contribution in [0.5, 0.6) is 5.75 Å². The number of carbonyl (C=O) groups excluding carboxylic acids is 1. The highest BCUT2D eigenvalue weighted by atomic mass is 16.5.